The summed E-state index contributed by atoms with van der Waals surface area (Å²) in [7, 11) is 0. The molecule has 0 aromatic heterocycles. The van der Waals surface area contributed by atoms with Crippen molar-refractivity contribution in [2.75, 3.05) is 0 Å². The van der Waals surface area contributed by atoms with Crippen LogP contribution in [0.4, 0.5) is 0 Å². The van der Waals surface area contributed by atoms with Gasteiger partial charge in [-0.1, -0.05) is 252 Å². The summed E-state index contributed by atoms with van der Waals surface area (Å²) in [5, 5.41) is 0. The lowest BCUT2D eigenvalue weighted by Crippen LogP contribution is -1.86. The van der Waals surface area contributed by atoms with Gasteiger partial charge in [-0.25, -0.2) is 0 Å². The van der Waals surface area contributed by atoms with Crippen LogP contribution in [0, 0.1) is 5.92 Å². The van der Waals surface area contributed by atoms with Crippen LogP contribution >= 0.6 is 0 Å². The van der Waals surface area contributed by atoms with Crippen molar-refractivity contribution in [3.63, 3.8) is 0 Å². The molecule has 0 aromatic rings. The molecule has 0 unspecified atom stereocenters. The maximum absolute atomic E-state index is 2.31. The van der Waals surface area contributed by atoms with Crippen molar-refractivity contribution in [3.05, 3.63) is 0 Å². The van der Waals surface area contributed by atoms with Crippen molar-refractivity contribution in [2.45, 2.75) is 252 Å². The van der Waals surface area contributed by atoms with Gasteiger partial charge in [0.2, 0.25) is 0 Å². The average molecular weight is 563 g/mol. The van der Waals surface area contributed by atoms with Crippen LogP contribution in [0.1, 0.15) is 252 Å². The van der Waals surface area contributed by atoms with Crippen molar-refractivity contribution in [1.82, 2.24) is 0 Å². The summed E-state index contributed by atoms with van der Waals surface area (Å²) in [5.74, 6) is 0.904. The number of unbranched alkanes of at least 4 members (excludes halogenated alkanes) is 4. The Balaban J connectivity index is 0.000000507. The van der Waals surface area contributed by atoms with Crippen LogP contribution in [0.15, 0.2) is 0 Å². The molecule has 0 bridgehead atoms. The largest absolute Gasteiger partial charge is 0.0654 e. The van der Waals surface area contributed by atoms with Crippen LogP contribution in [0.3, 0.4) is 0 Å². The molecule has 3 fully saturated rings. The van der Waals surface area contributed by atoms with Gasteiger partial charge in [-0.3, -0.25) is 0 Å². The van der Waals surface area contributed by atoms with Gasteiger partial charge in [0.1, 0.15) is 0 Å². The van der Waals surface area contributed by atoms with E-state index in [9.17, 15) is 0 Å². The molecule has 0 radical (unpaired) electrons. The van der Waals surface area contributed by atoms with E-state index in [1.807, 2.05) is 0 Å². The third-order valence-electron chi connectivity index (χ3n) is 9.39. The van der Waals surface area contributed by atoms with Crippen LogP contribution in [-0.2, 0) is 0 Å². The van der Waals surface area contributed by atoms with E-state index in [-0.39, 0.29) is 0 Å². The van der Waals surface area contributed by atoms with E-state index in [4.69, 9.17) is 0 Å². The molecule has 0 heterocycles. The Hall–Kier alpha value is 0. The van der Waals surface area contributed by atoms with Gasteiger partial charge in [0.25, 0.3) is 0 Å². The third kappa shape index (κ3) is 38.0. The molecule has 0 atom stereocenters. The monoisotopic (exact) mass is 563 g/mol. The minimum atomic E-state index is 0.904. The van der Waals surface area contributed by atoms with Gasteiger partial charge in [0.05, 0.1) is 0 Å². The van der Waals surface area contributed by atoms with Crippen molar-refractivity contribution in [2.24, 2.45) is 5.92 Å². The van der Waals surface area contributed by atoms with Crippen molar-refractivity contribution >= 4 is 0 Å². The highest BCUT2D eigenvalue weighted by atomic mass is 14.0. The first-order valence-corrected chi connectivity index (χ1v) is 19.8. The summed E-state index contributed by atoms with van der Waals surface area (Å²) in [5.41, 5.74) is 0. The van der Waals surface area contributed by atoms with E-state index in [0.29, 0.717) is 0 Å². The van der Waals surface area contributed by atoms with Crippen molar-refractivity contribution in [3.8, 4) is 0 Å². The predicted molar refractivity (Wildman–Crippen MR) is 187 cm³/mol. The summed E-state index contributed by atoms with van der Waals surface area (Å²) < 4.78 is 0. The number of hydrogen-bond acceptors (Lipinski definition) is 0. The second-order valence-corrected chi connectivity index (χ2v) is 14.2. The van der Waals surface area contributed by atoms with E-state index in [0.717, 1.165) is 5.92 Å². The standard InChI is InChI=1S/3C10H20.C10H22/c3*1-2-4-6-8-10-9-7-5-3-1;1-4-5-6-7-8-9-10(2)3/h3*1-10H2;10H,4-9H2,1-3H3. The fourth-order valence-corrected chi connectivity index (χ4v) is 6.46. The van der Waals surface area contributed by atoms with Gasteiger partial charge in [0, 0.05) is 0 Å². The summed E-state index contributed by atoms with van der Waals surface area (Å²) in [6, 6.07) is 0. The molecule has 3 aliphatic rings. The van der Waals surface area contributed by atoms with Gasteiger partial charge < -0.3 is 0 Å². The highest BCUT2D eigenvalue weighted by Gasteiger charge is 1.98. The summed E-state index contributed by atoms with van der Waals surface area (Å²) in [6.07, 6.45) is 53.6. The minimum absolute atomic E-state index is 0.904. The van der Waals surface area contributed by atoms with Gasteiger partial charge in [-0.05, 0) is 5.92 Å². The van der Waals surface area contributed by atoms with E-state index in [1.165, 1.54) is 231 Å². The fourth-order valence-electron chi connectivity index (χ4n) is 6.46. The maximum atomic E-state index is 2.31. The molecule has 242 valence electrons. The molecule has 0 aromatic carbocycles. The van der Waals surface area contributed by atoms with Gasteiger partial charge in [-0.15, -0.1) is 0 Å². The lowest BCUT2D eigenvalue weighted by atomic mass is 10.0. The van der Waals surface area contributed by atoms with Crippen LogP contribution in [-0.4, -0.2) is 0 Å². The molecule has 0 nitrogen and oxygen atoms in total. The Morgan fingerprint density at radius 3 is 0.600 bits per heavy atom. The number of hydrogen-bond donors (Lipinski definition) is 0. The van der Waals surface area contributed by atoms with E-state index >= 15 is 0 Å². The van der Waals surface area contributed by atoms with E-state index < -0.39 is 0 Å². The van der Waals surface area contributed by atoms with E-state index in [2.05, 4.69) is 20.8 Å². The highest BCUT2D eigenvalue weighted by molar-refractivity contribution is 4.53. The third-order valence-corrected chi connectivity index (χ3v) is 9.39. The lowest BCUT2D eigenvalue weighted by molar-refractivity contribution is 0.504. The topological polar surface area (TPSA) is 0 Å². The Labute approximate surface area is 257 Å². The average Bonchev–Trinajstić information content (AvgIpc) is 2.99. The van der Waals surface area contributed by atoms with Crippen LogP contribution in [0.2, 0.25) is 0 Å². The van der Waals surface area contributed by atoms with Gasteiger partial charge >= 0.3 is 0 Å². The Morgan fingerprint density at radius 2 is 0.450 bits per heavy atom. The first kappa shape index (κ1) is 40.0. The SMILES string of the molecule is C1CCCCCCCCC1.C1CCCCCCCCC1.C1CCCCCCCCC1.CCCCCCCC(C)C. The molecular formula is C40H82. The fraction of sp³-hybridized carbons (Fsp3) is 1.00. The van der Waals surface area contributed by atoms with Crippen LogP contribution < -0.4 is 0 Å². The summed E-state index contributed by atoms with van der Waals surface area (Å²) >= 11 is 0. The summed E-state index contributed by atoms with van der Waals surface area (Å²) in [6.45, 7) is 6.88. The molecule has 0 spiro atoms. The second-order valence-electron chi connectivity index (χ2n) is 14.2. The molecule has 3 rings (SSSR count). The Kier molecular flexibility index (Phi) is 37.0. The zero-order valence-electron chi connectivity index (χ0n) is 29.0. The first-order valence-electron chi connectivity index (χ1n) is 19.8. The molecule has 0 heteroatoms. The maximum Gasteiger partial charge on any atom is -0.0471 e. The summed E-state index contributed by atoms with van der Waals surface area (Å²) in [4.78, 5) is 0. The van der Waals surface area contributed by atoms with Crippen LogP contribution in [0.5, 0.6) is 0 Å². The molecule has 3 aliphatic carbocycles. The van der Waals surface area contributed by atoms with Crippen molar-refractivity contribution < 1.29 is 0 Å². The Bertz CT molecular complexity index is 263. The van der Waals surface area contributed by atoms with Gasteiger partial charge in [-0.2, -0.15) is 0 Å². The normalized spacial score (nSPS) is 20.7. The van der Waals surface area contributed by atoms with Crippen molar-refractivity contribution in [1.29, 1.82) is 0 Å². The Morgan fingerprint density at radius 1 is 0.275 bits per heavy atom. The van der Waals surface area contributed by atoms with Gasteiger partial charge in [0.15, 0.2) is 0 Å². The number of rotatable bonds is 6. The molecule has 3 saturated carbocycles. The van der Waals surface area contributed by atoms with E-state index in [1.54, 1.807) is 0 Å². The highest BCUT2D eigenvalue weighted by Crippen LogP contribution is 2.17. The van der Waals surface area contributed by atoms with Crippen LogP contribution in [0.25, 0.3) is 0 Å². The molecule has 0 saturated heterocycles. The first-order chi connectivity index (χ1) is 19.8. The predicted octanol–water partition coefficient (Wildman–Crippen LogP) is 15.7. The smallest absolute Gasteiger partial charge is 0.0471 e. The molecule has 0 amide bonds. The minimum Gasteiger partial charge on any atom is -0.0654 e. The zero-order valence-corrected chi connectivity index (χ0v) is 29.0. The molecule has 40 heavy (non-hydrogen) atoms. The molecule has 0 N–H and O–H groups in total. The zero-order chi connectivity index (χ0) is 29.0. The molecule has 0 aliphatic heterocycles. The lowest BCUT2D eigenvalue weighted by Gasteiger charge is -2.05. The second kappa shape index (κ2) is 37.0. The molecular weight excluding hydrogens is 480 g/mol. The quantitative estimate of drug-likeness (QED) is 0.282.